The van der Waals surface area contributed by atoms with Crippen molar-refractivity contribution in [3.05, 3.63) is 74.3 Å². The molecule has 2 aliphatic heterocycles. The number of rotatable bonds is 3. The van der Waals surface area contributed by atoms with Crippen molar-refractivity contribution in [2.45, 2.75) is 25.4 Å². The summed E-state index contributed by atoms with van der Waals surface area (Å²) in [6.45, 7) is 3.16. The van der Waals surface area contributed by atoms with Crippen LogP contribution in [0.2, 0.25) is 5.02 Å². The minimum absolute atomic E-state index is 0.119. The second-order valence-corrected chi connectivity index (χ2v) is 7.51. The number of non-ortho nitro benzene ring substituents is 1. The minimum Gasteiger partial charge on any atom is -0.337 e. The number of nitrogens with zero attached hydrogens (tertiary/aromatic N) is 3. The zero-order valence-corrected chi connectivity index (χ0v) is 15.6. The predicted molar refractivity (Wildman–Crippen MR) is 103 cm³/mol. The van der Waals surface area contributed by atoms with Gasteiger partial charge in [-0.3, -0.25) is 19.8 Å². The zero-order valence-electron chi connectivity index (χ0n) is 14.8. The van der Waals surface area contributed by atoms with E-state index < -0.39 is 4.92 Å². The van der Waals surface area contributed by atoms with E-state index in [1.807, 2.05) is 0 Å². The Labute approximate surface area is 162 Å². The molecule has 0 aliphatic carbocycles. The van der Waals surface area contributed by atoms with Gasteiger partial charge in [-0.2, -0.15) is 0 Å². The molecular formula is C20H20ClN3O3. The number of benzene rings is 2. The van der Waals surface area contributed by atoms with Crippen molar-refractivity contribution in [3.8, 4) is 0 Å². The summed E-state index contributed by atoms with van der Waals surface area (Å²) in [5, 5.41) is 11.2. The Morgan fingerprint density at radius 2 is 1.93 bits per heavy atom. The van der Waals surface area contributed by atoms with E-state index >= 15 is 0 Å². The first kappa shape index (κ1) is 17.9. The Morgan fingerprint density at radius 3 is 2.70 bits per heavy atom. The van der Waals surface area contributed by atoms with Crippen LogP contribution in [0.1, 0.15) is 27.9 Å². The number of nitro groups is 1. The zero-order chi connectivity index (χ0) is 19.0. The SMILES string of the molecule is O=C(c1cc([N+](=O)[O-])ccc1Cl)N1CC[C@H](N2CCc3ccccc3C2)C1. The number of carbonyl (C=O) groups excluding carboxylic acids is 1. The second kappa shape index (κ2) is 7.29. The monoisotopic (exact) mass is 385 g/mol. The maximum Gasteiger partial charge on any atom is 0.270 e. The van der Waals surface area contributed by atoms with E-state index in [4.69, 9.17) is 11.6 Å². The van der Waals surface area contributed by atoms with Gasteiger partial charge < -0.3 is 4.90 Å². The third-order valence-electron chi connectivity index (χ3n) is 5.52. The molecule has 2 aromatic carbocycles. The molecule has 4 rings (SSSR count). The molecule has 1 atom stereocenters. The quantitative estimate of drug-likeness (QED) is 0.599. The first-order chi connectivity index (χ1) is 13.0. The fourth-order valence-electron chi connectivity index (χ4n) is 4.01. The molecule has 0 unspecified atom stereocenters. The van der Waals surface area contributed by atoms with Crippen LogP contribution < -0.4 is 0 Å². The summed E-state index contributed by atoms with van der Waals surface area (Å²) >= 11 is 6.13. The van der Waals surface area contributed by atoms with Crippen molar-refractivity contribution in [2.75, 3.05) is 19.6 Å². The van der Waals surface area contributed by atoms with E-state index in [1.54, 1.807) is 4.90 Å². The number of likely N-dealkylation sites (tertiary alicyclic amines) is 1. The smallest absolute Gasteiger partial charge is 0.270 e. The molecule has 0 saturated carbocycles. The van der Waals surface area contributed by atoms with Gasteiger partial charge in [0.05, 0.1) is 15.5 Å². The highest BCUT2D eigenvalue weighted by Gasteiger charge is 2.33. The third-order valence-corrected chi connectivity index (χ3v) is 5.85. The first-order valence-corrected chi connectivity index (χ1v) is 9.45. The van der Waals surface area contributed by atoms with Gasteiger partial charge in [-0.15, -0.1) is 0 Å². The molecule has 0 bridgehead atoms. The normalized spacial score (nSPS) is 19.7. The third kappa shape index (κ3) is 3.55. The van der Waals surface area contributed by atoms with Crippen LogP contribution >= 0.6 is 11.6 Å². The fourth-order valence-corrected chi connectivity index (χ4v) is 4.21. The molecule has 2 aromatic rings. The molecule has 0 radical (unpaired) electrons. The molecule has 0 aromatic heterocycles. The predicted octanol–water partition coefficient (Wildman–Crippen LogP) is 3.52. The molecule has 7 heteroatoms. The summed E-state index contributed by atoms with van der Waals surface area (Å²) < 4.78 is 0. The van der Waals surface area contributed by atoms with E-state index in [0.29, 0.717) is 19.1 Å². The Bertz CT molecular complexity index is 902. The highest BCUT2D eigenvalue weighted by Crippen LogP contribution is 2.28. The number of hydrogen-bond donors (Lipinski definition) is 0. The van der Waals surface area contributed by atoms with Crippen molar-refractivity contribution in [1.82, 2.24) is 9.80 Å². The van der Waals surface area contributed by atoms with Gasteiger partial charge in [0, 0.05) is 44.4 Å². The van der Waals surface area contributed by atoms with Gasteiger partial charge in [-0.25, -0.2) is 0 Å². The van der Waals surface area contributed by atoms with Crippen molar-refractivity contribution < 1.29 is 9.72 Å². The lowest BCUT2D eigenvalue weighted by Gasteiger charge is -2.33. The topological polar surface area (TPSA) is 66.7 Å². The van der Waals surface area contributed by atoms with Crippen LogP contribution in [0.15, 0.2) is 42.5 Å². The lowest BCUT2D eigenvalue weighted by molar-refractivity contribution is -0.384. The standard InChI is InChI=1S/C20H20ClN3O3/c21-19-6-5-16(24(26)27)11-18(19)20(25)23-10-8-17(13-23)22-9-7-14-3-1-2-4-15(14)12-22/h1-6,11,17H,7-10,12-13H2/t17-/m0/s1. The lowest BCUT2D eigenvalue weighted by Crippen LogP contribution is -2.41. The summed E-state index contributed by atoms with van der Waals surface area (Å²) in [6.07, 6.45) is 1.93. The van der Waals surface area contributed by atoms with E-state index in [-0.39, 0.29) is 22.2 Å². The molecule has 1 fully saturated rings. The van der Waals surface area contributed by atoms with Crippen LogP contribution in [-0.4, -0.2) is 46.3 Å². The van der Waals surface area contributed by atoms with Crippen molar-refractivity contribution >= 4 is 23.2 Å². The van der Waals surface area contributed by atoms with E-state index in [2.05, 4.69) is 29.2 Å². The minimum atomic E-state index is -0.509. The molecule has 1 saturated heterocycles. The lowest BCUT2D eigenvalue weighted by atomic mass is 9.98. The number of fused-ring (bicyclic) bond motifs is 1. The molecule has 1 amide bonds. The van der Waals surface area contributed by atoms with Crippen molar-refractivity contribution in [2.24, 2.45) is 0 Å². The van der Waals surface area contributed by atoms with E-state index in [9.17, 15) is 14.9 Å². The Kier molecular flexibility index (Phi) is 4.85. The second-order valence-electron chi connectivity index (χ2n) is 7.10. The molecule has 27 heavy (non-hydrogen) atoms. The summed E-state index contributed by atoms with van der Waals surface area (Å²) in [5.41, 5.74) is 2.85. The van der Waals surface area contributed by atoms with Gasteiger partial charge in [0.1, 0.15) is 0 Å². The summed E-state index contributed by atoms with van der Waals surface area (Å²) in [4.78, 5) is 27.6. The number of nitro benzene ring substituents is 1. The van der Waals surface area contributed by atoms with Gasteiger partial charge in [0.2, 0.25) is 0 Å². The average molecular weight is 386 g/mol. The van der Waals surface area contributed by atoms with Crippen molar-refractivity contribution in [3.63, 3.8) is 0 Å². The maximum atomic E-state index is 12.9. The number of halogens is 1. The van der Waals surface area contributed by atoms with Gasteiger partial charge in [0.25, 0.3) is 11.6 Å². The molecule has 2 heterocycles. The van der Waals surface area contributed by atoms with Gasteiger partial charge in [-0.1, -0.05) is 35.9 Å². The van der Waals surface area contributed by atoms with Crippen molar-refractivity contribution in [1.29, 1.82) is 0 Å². The molecule has 140 valence electrons. The molecule has 0 spiro atoms. The fraction of sp³-hybridized carbons (Fsp3) is 0.350. The summed E-state index contributed by atoms with van der Waals surface area (Å²) in [7, 11) is 0. The van der Waals surface area contributed by atoms with Crippen LogP contribution in [0.3, 0.4) is 0 Å². The van der Waals surface area contributed by atoms with Gasteiger partial charge in [-0.05, 0) is 30.0 Å². The maximum absolute atomic E-state index is 12.9. The van der Waals surface area contributed by atoms with Crippen LogP contribution in [0.5, 0.6) is 0 Å². The number of amides is 1. The molecule has 0 N–H and O–H groups in total. The molecule has 6 nitrogen and oxygen atoms in total. The number of carbonyl (C=O) groups is 1. The van der Waals surface area contributed by atoms with Crippen LogP contribution in [0, 0.1) is 10.1 Å². The van der Waals surface area contributed by atoms with Crippen LogP contribution in [0.25, 0.3) is 0 Å². The molecular weight excluding hydrogens is 366 g/mol. The Morgan fingerprint density at radius 1 is 1.15 bits per heavy atom. The average Bonchev–Trinajstić information content (AvgIpc) is 3.17. The molecule has 2 aliphatic rings. The van der Waals surface area contributed by atoms with Crippen LogP contribution in [-0.2, 0) is 13.0 Å². The van der Waals surface area contributed by atoms with Crippen LogP contribution in [0.4, 0.5) is 5.69 Å². The highest BCUT2D eigenvalue weighted by atomic mass is 35.5. The van der Waals surface area contributed by atoms with E-state index in [0.717, 1.165) is 25.9 Å². The first-order valence-electron chi connectivity index (χ1n) is 9.07. The summed E-state index contributed by atoms with van der Waals surface area (Å²) in [5.74, 6) is -0.233. The van der Waals surface area contributed by atoms with Gasteiger partial charge in [0.15, 0.2) is 0 Å². The Hall–Kier alpha value is -2.44. The largest absolute Gasteiger partial charge is 0.337 e. The van der Waals surface area contributed by atoms with Gasteiger partial charge >= 0.3 is 0 Å². The number of hydrogen-bond acceptors (Lipinski definition) is 4. The summed E-state index contributed by atoms with van der Waals surface area (Å²) in [6, 6.07) is 12.8. The Balaban J connectivity index is 1.46. The van der Waals surface area contributed by atoms with E-state index in [1.165, 1.54) is 29.3 Å². The highest BCUT2D eigenvalue weighted by molar-refractivity contribution is 6.33.